The Labute approximate surface area is 117 Å². The highest BCUT2D eigenvalue weighted by Gasteiger charge is 2.49. The van der Waals surface area contributed by atoms with E-state index in [-0.39, 0.29) is 19.6 Å². The molecular weight excluding hydrogens is 266 g/mol. The number of piperidine rings is 1. The maximum Gasteiger partial charge on any atom is 0.407 e. The van der Waals surface area contributed by atoms with Gasteiger partial charge in [0.2, 0.25) is 0 Å². The molecule has 2 atom stereocenters. The van der Waals surface area contributed by atoms with Gasteiger partial charge < -0.3 is 15.7 Å². The van der Waals surface area contributed by atoms with Gasteiger partial charge in [0.25, 0.3) is 5.92 Å². The van der Waals surface area contributed by atoms with E-state index in [0.29, 0.717) is 0 Å². The molecule has 0 spiro atoms. The lowest BCUT2D eigenvalue weighted by molar-refractivity contribution is -0.135. The average Bonchev–Trinajstić information content (AvgIpc) is 2.44. The standard InChI is InChI=1S/C8H14F2N2O2.C6H6/c1-5-3-12(7(13)14)4-6(2-11)8(5,9)10;1-2-4-6-5-3-1/h5-6H,2-4,11H2,1H3,(H,13,14);1-6H/t5-,6+;/m0./s1. The third kappa shape index (κ3) is 4.16. The molecule has 1 amide bonds. The zero-order chi connectivity index (χ0) is 15.2. The Hall–Kier alpha value is -1.69. The molecule has 0 aliphatic carbocycles. The fraction of sp³-hybridized carbons (Fsp3) is 0.500. The summed E-state index contributed by atoms with van der Waals surface area (Å²) < 4.78 is 26.8. The van der Waals surface area contributed by atoms with Gasteiger partial charge in [0, 0.05) is 25.6 Å². The molecule has 0 unspecified atom stereocenters. The van der Waals surface area contributed by atoms with E-state index in [4.69, 9.17) is 10.8 Å². The summed E-state index contributed by atoms with van der Waals surface area (Å²) in [5.41, 5.74) is 5.20. The van der Waals surface area contributed by atoms with Crippen molar-refractivity contribution >= 4 is 6.09 Å². The van der Waals surface area contributed by atoms with E-state index < -0.39 is 23.9 Å². The number of benzene rings is 1. The third-order valence-electron chi connectivity index (χ3n) is 3.36. The molecule has 0 radical (unpaired) electrons. The van der Waals surface area contributed by atoms with E-state index in [0.717, 1.165) is 4.90 Å². The number of alkyl halides is 2. The van der Waals surface area contributed by atoms with Gasteiger partial charge in [-0.1, -0.05) is 43.3 Å². The topological polar surface area (TPSA) is 66.6 Å². The zero-order valence-corrected chi connectivity index (χ0v) is 11.4. The van der Waals surface area contributed by atoms with Crippen LogP contribution < -0.4 is 5.73 Å². The molecule has 0 aromatic heterocycles. The second kappa shape index (κ2) is 7.19. The van der Waals surface area contributed by atoms with Crippen LogP contribution >= 0.6 is 0 Å². The third-order valence-corrected chi connectivity index (χ3v) is 3.36. The Balaban J connectivity index is 0.000000276. The summed E-state index contributed by atoms with van der Waals surface area (Å²) in [6.45, 7) is 0.848. The minimum atomic E-state index is -2.86. The van der Waals surface area contributed by atoms with Crippen LogP contribution in [-0.4, -0.2) is 41.7 Å². The number of carbonyl (C=O) groups is 1. The lowest BCUT2D eigenvalue weighted by atomic mass is 9.86. The first-order valence-corrected chi connectivity index (χ1v) is 6.45. The van der Waals surface area contributed by atoms with Gasteiger partial charge in [-0.3, -0.25) is 0 Å². The zero-order valence-electron chi connectivity index (χ0n) is 11.4. The van der Waals surface area contributed by atoms with E-state index in [1.54, 1.807) is 0 Å². The number of carboxylic acid groups (broad SMARTS) is 1. The number of hydrogen-bond donors (Lipinski definition) is 2. The minimum absolute atomic E-state index is 0.126. The summed E-state index contributed by atoms with van der Waals surface area (Å²) in [5, 5.41) is 8.68. The molecule has 1 fully saturated rings. The number of rotatable bonds is 1. The number of nitrogens with zero attached hydrogens (tertiary/aromatic N) is 1. The van der Waals surface area contributed by atoms with Crippen LogP contribution in [0.5, 0.6) is 0 Å². The number of amides is 1. The Bertz CT molecular complexity index is 388. The number of likely N-dealkylation sites (tertiary alicyclic amines) is 1. The van der Waals surface area contributed by atoms with Crippen molar-refractivity contribution in [2.45, 2.75) is 12.8 Å². The Morgan fingerprint density at radius 1 is 1.25 bits per heavy atom. The van der Waals surface area contributed by atoms with Crippen molar-refractivity contribution in [3.05, 3.63) is 36.4 Å². The van der Waals surface area contributed by atoms with Crippen LogP contribution in [0.15, 0.2) is 36.4 Å². The molecule has 1 aliphatic rings. The SMILES string of the molecule is C[C@H]1CN(C(=O)O)C[C@@H](CN)C1(F)F.c1ccccc1. The second-order valence-corrected chi connectivity index (χ2v) is 4.85. The Kier molecular flexibility index (Phi) is 5.88. The lowest BCUT2D eigenvalue weighted by Crippen LogP contribution is -2.56. The van der Waals surface area contributed by atoms with Crippen LogP contribution in [0.4, 0.5) is 13.6 Å². The fourth-order valence-corrected chi connectivity index (χ4v) is 2.09. The van der Waals surface area contributed by atoms with E-state index in [1.165, 1.54) is 6.92 Å². The first-order chi connectivity index (χ1) is 9.39. The van der Waals surface area contributed by atoms with E-state index in [9.17, 15) is 13.6 Å². The van der Waals surface area contributed by atoms with Crippen molar-refractivity contribution in [1.29, 1.82) is 0 Å². The Morgan fingerprint density at radius 3 is 2.05 bits per heavy atom. The summed E-state index contributed by atoms with van der Waals surface area (Å²) in [5.74, 6) is -4.90. The number of nitrogens with two attached hydrogens (primary N) is 1. The van der Waals surface area contributed by atoms with Gasteiger partial charge in [0.15, 0.2) is 0 Å². The van der Waals surface area contributed by atoms with E-state index in [1.807, 2.05) is 36.4 Å². The van der Waals surface area contributed by atoms with Gasteiger partial charge in [-0.15, -0.1) is 0 Å². The molecular formula is C14H20F2N2O2. The van der Waals surface area contributed by atoms with Gasteiger partial charge in [-0.25, -0.2) is 13.6 Å². The average molecular weight is 286 g/mol. The van der Waals surface area contributed by atoms with Gasteiger partial charge in [-0.05, 0) is 0 Å². The molecule has 3 N–H and O–H groups in total. The van der Waals surface area contributed by atoms with Crippen LogP contribution in [0, 0.1) is 11.8 Å². The van der Waals surface area contributed by atoms with Crippen molar-refractivity contribution in [2.24, 2.45) is 17.6 Å². The summed E-state index contributed by atoms with van der Waals surface area (Å²) in [7, 11) is 0. The number of hydrogen-bond acceptors (Lipinski definition) is 2. The first kappa shape index (κ1) is 16.4. The molecule has 1 heterocycles. The van der Waals surface area contributed by atoms with Crippen LogP contribution in [0.3, 0.4) is 0 Å². The van der Waals surface area contributed by atoms with Gasteiger partial charge in [0.1, 0.15) is 0 Å². The normalized spacial score (nSPS) is 24.5. The molecule has 2 rings (SSSR count). The van der Waals surface area contributed by atoms with Crippen molar-refractivity contribution < 1.29 is 18.7 Å². The Morgan fingerprint density at radius 2 is 1.70 bits per heavy atom. The maximum absolute atomic E-state index is 13.4. The minimum Gasteiger partial charge on any atom is -0.465 e. The van der Waals surface area contributed by atoms with Crippen molar-refractivity contribution in [3.8, 4) is 0 Å². The quantitative estimate of drug-likeness (QED) is 0.833. The molecule has 1 saturated heterocycles. The summed E-state index contributed by atoms with van der Waals surface area (Å²) >= 11 is 0. The highest BCUT2D eigenvalue weighted by Crippen LogP contribution is 2.37. The van der Waals surface area contributed by atoms with Crippen molar-refractivity contribution in [3.63, 3.8) is 0 Å². The first-order valence-electron chi connectivity index (χ1n) is 6.45. The van der Waals surface area contributed by atoms with Crippen molar-refractivity contribution in [1.82, 2.24) is 4.90 Å². The van der Waals surface area contributed by atoms with Gasteiger partial charge in [-0.2, -0.15) is 0 Å². The van der Waals surface area contributed by atoms with Crippen LogP contribution in [0.25, 0.3) is 0 Å². The molecule has 1 aromatic rings. The number of halogens is 2. The summed E-state index contributed by atoms with van der Waals surface area (Å²) in [6.07, 6.45) is -1.16. The monoisotopic (exact) mass is 286 g/mol. The van der Waals surface area contributed by atoms with Crippen LogP contribution in [0.1, 0.15) is 6.92 Å². The van der Waals surface area contributed by atoms with Crippen LogP contribution in [0.2, 0.25) is 0 Å². The molecule has 0 bridgehead atoms. The predicted octanol–water partition coefficient (Wildman–Crippen LogP) is 2.51. The molecule has 6 heteroatoms. The maximum atomic E-state index is 13.4. The second-order valence-electron chi connectivity index (χ2n) is 4.85. The van der Waals surface area contributed by atoms with Crippen LogP contribution in [-0.2, 0) is 0 Å². The molecule has 0 saturated carbocycles. The fourth-order valence-electron chi connectivity index (χ4n) is 2.09. The summed E-state index contributed by atoms with van der Waals surface area (Å²) in [4.78, 5) is 11.6. The van der Waals surface area contributed by atoms with Gasteiger partial charge in [0.05, 0.1) is 5.92 Å². The van der Waals surface area contributed by atoms with E-state index in [2.05, 4.69) is 0 Å². The predicted molar refractivity (Wildman–Crippen MR) is 72.7 cm³/mol. The molecule has 4 nitrogen and oxygen atoms in total. The van der Waals surface area contributed by atoms with Crippen molar-refractivity contribution in [2.75, 3.05) is 19.6 Å². The smallest absolute Gasteiger partial charge is 0.407 e. The molecule has 20 heavy (non-hydrogen) atoms. The van der Waals surface area contributed by atoms with Gasteiger partial charge >= 0.3 is 6.09 Å². The highest BCUT2D eigenvalue weighted by molar-refractivity contribution is 5.65. The lowest BCUT2D eigenvalue weighted by Gasteiger charge is -2.40. The molecule has 1 aromatic carbocycles. The molecule has 112 valence electrons. The summed E-state index contributed by atoms with van der Waals surface area (Å²) in [6, 6.07) is 12.0. The largest absolute Gasteiger partial charge is 0.465 e. The van der Waals surface area contributed by atoms with E-state index >= 15 is 0 Å². The molecule has 1 aliphatic heterocycles. The highest BCUT2D eigenvalue weighted by atomic mass is 19.3.